The van der Waals surface area contributed by atoms with Gasteiger partial charge in [0.2, 0.25) is 0 Å². The van der Waals surface area contributed by atoms with Crippen molar-refractivity contribution in [2.75, 3.05) is 13.2 Å². The van der Waals surface area contributed by atoms with Crippen LogP contribution in [-0.4, -0.2) is 35.2 Å². The molecule has 5 nitrogen and oxygen atoms in total. The zero-order valence-electron chi connectivity index (χ0n) is 15.2. The van der Waals surface area contributed by atoms with Crippen LogP contribution in [0.25, 0.3) is 0 Å². The summed E-state index contributed by atoms with van der Waals surface area (Å²) in [4.78, 5) is 22.9. The van der Waals surface area contributed by atoms with Crippen molar-refractivity contribution in [3.63, 3.8) is 0 Å². The highest BCUT2D eigenvalue weighted by Gasteiger charge is 2.35. The second-order valence-electron chi connectivity index (χ2n) is 7.54. The fourth-order valence-electron chi connectivity index (χ4n) is 4.31. The Bertz CT molecular complexity index is 654. The van der Waals surface area contributed by atoms with Crippen LogP contribution in [0.15, 0.2) is 18.2 Å². The third-order valence-corrected chi connectivity index (χ3v) is 5.78. The molecule has 1 aromatic carbocycles. The number of carbonyl (C=O) groups excluding carboxylic acids is 1. The van der Waals surface area contributed by atoms with Crippen molar-refractivity contribution in [2.45, 2.75) is 57.5 Å². The predicted octanol–water partition coefficient (Wildman–Crippen LogP) is 3.08. The number of unbranched alkanes of at least 4 members (excludes halogenated alkanes) is 1. The van der Waals surface area contributed by atoms with E-state index in [1.807, 2.05) is 12.1 Å². The zero-order valence-corrected chi connectivity index (χ0v) is 15.2. The van der Waals surface area contributed by atoms with Crippen LogP contribution in [0.4, 0.5) is 0 Å². The summed E-state index contributed by atoms with van der Waals surface area (Å²) in [6.45, 7) is 1.12. The van der Waals surface area contributed by atoms with Gasteiger partial charge in [-0.2, -0.15) is 0 Å². The van der Waals surface area contributed by atoms with Crippen LogP contribution in [0.2, 0.25) is 0 Å². The first kappa shape index (κ1) is 19.1. The second kappa shape index (κ2) is 8.78. The van der Waals surface area contributed by atoms with Gasteiger partial charge in [0, 0.05) is 25.4 Å². The lowest BCUT2D eigenvalue weighted by atomic mass is 9.87. The third kappa shape index (κ3) is 4.51. The van der Waals surface area contributed by atoms with Gasteiger partial charge < -0.3 is 14.9 Å². The molecule has 3 rings (SSSR count). The van der Waals surface area contributed by atoms with E-state index in [2.05, 4.69) is 6.07 Å². The first-order valence-electron chi connectivity index (χ1n) is 9.67. The second-order valence-corrected chi connectivity index (χ2v) is 7.54. The molecule has 1 saturated carbocycles. The van der Waals surface area contributed by atoms with E-state index in [0.29, 0.717) is 31.8 Å². The zero-order chi connectivity index (χ0) is 18.5. The number of hydrogen-bond acceptors (Lipinski definition) is 4. The summed E-state index contributed by atoms with van der Waals surface area (Å²) >= 11 is 0. The maximum atomic E-state index is 12.4. The van der Waals surface area contributed by atoms with Crippen molar-refractivity contribution in [3.05, 3.63) is 34.9 Å². The Kier molecular flexibility index (Phi) is 6.43. The number of ether oxygens (including phenoxy) is 1. The van der Waals surface area contributed by atoms with E-state index in [9.17, 15) is 14.7 Å². The lowest BCUT2D eigenvalue weighted by Gasteiger charge is -2.20. The first-order valence-corrected chi connectivity index (χ1v) is 9.67. The summed E-state index contributed by atoms with van der Waals surface area (Å²) in [6.07, 6.45) is 5.07. The predicted molar refractivity (Wildman–Crippen MR) is 97.0 cm³/mol. The molecule has 142 valence electrons. The Hall–Kier alpha value is -1.72. The maximum absolute atomic E-state index is 12.4. The van der Waals surface area contributed by atoms with Crippen molar-refractivity contribution in [1.29, 1.82) is 0 Å². The molecule has 2 aliphatic rings. The average molecular weight is 360 g/mol. The fraction of sp³-hybridized carbons (Fsp3) is 0.619. The Morgan fingerprint density at radius 3 is 2.85 bits per heavy atom. The van der Waals surface area contributed by atoms with Gasteiger partial charge in [-0.25, -0.2) is 0 Å². The number of carboxylic acid groups (broad SMARTS) is 1. The van der Waals surface area contributed by atoms with E-state index in [1.54, 1.807) is 0 Å². The number of fused-ring (bicyclic) bond motifs is 1. The molecule has 1 fully saturated rings. The molecular formula is C21H28O5. The highest BCUT2D eigenvalue weighted by Crippen LogP contribution is 2.37. The first-order chi connectivity index (χ1) is 12.6. The number of Topliss-reactive ketones (excluding diaryl/α,β-unsaturated/α-hetero) is 1. The molecular weight excluding hydrogens is 332 g/mol. The largest absolute Gasteiger partial charge is 0.481 e. The van der Waals surface area contributed by atoms with Crippen LogP contribution in [0.5, 0.6) is 0 Å². The van der Waals surface area contributed by atoms with Gasteiger partial charge >= 0.3 is 5.97 Å². The molecule has 0 aromatic heterocycles. The summed E-state index contributed by atoms with van der Waals surface area (Å²) in [6, 6.07) is 6.06. The Labute approximate surface area is 154 Å². The van der Waals surface area contributed by atoms with Crippen LogP contribution in [0, 0.1) is 11.8 Å². The number of aliphatic hydroxyl groups is 1. The summed E-state index contributed by atoms with van der Waals surface area (Å²) in [5.41, 5.74) is 3.46. The molecule has 0 aliphatic heterocycles. The number of benzene rings is 1. The van der Waals surface area contributed by atoms with Gasteiger partial charge in [0.1, 0.15) is 5.78 Å². The van der Waals surface area contributed by atoms with Crippen molar-refractivity contribution in [2.24, 2.45) is 11.8 Å². The number of aliphatic carboxylic acids is 1. The molecule has 2 aliphatic carbocycles. The molecule has 0 amide bonds. The van der Waals surface area contributed by atoms with Crippen molar-refractivity contribution < 1.29 is 24.5 Å². The average Bonchev–Trinajstić information content (AvgIpc) is 3.16. The number of carbonyl (C=O) groups is 2. The third-order valence-electron chi connectivity index (χ3n) is 5.78. The van der Waals surface area contributed by atoms with Gasteiger partial charge in [-0.15, -0.1) is 0 Å². The van der Waals surface area contributed by atoms with Gasteiger partial charge in [-0.3, -0.25) is 9.59 Å². The molecule has 2 N–H and O–H groups in total. The number of hydrogen-bond donors (Lipinski definition) is 2. The minimum absolute atomic E-state index is 0.00161. The van der Waals surface area contributed by atoms with Crippen LogP contribution >= 0.6 is 0 Å². The van der Waals surface area contributed by atoms with E-state index < -0.39 is 5.97 Å². The summed E-state index contributed by atoms with van der Waals surface area (Å²) in [5, 5.41) is 18.7. The smallest absolute Gasteiger partial charge is 0.303 e. The Balaban J connectivity index is 1.53. The highest BCUT2D eigenvalue weighted by atomic mass is 16.5. The summed E-state index contributed by atoms with van der Waals surface area (Å²) < 4.78 is 5.74. The van der Waals surface area contributed by atoms with Gasteiger partial charge in [0.25, 0.3) is 0 Å². The number of aliphatic hydroxyl groups excluding tert-OH is 1. The van der Waals surface area contributed by atoms with Gasteiger partial charge in [0.05, 0.1) is 12.7 Å². The van der Waals surface area contributed by atoms with Crippen LogP contribution < -0.4 is 0 Å². The highest BCUT2D eigenvalue weighted by molar-refractivity contribution is 5.83. The summed E-state index contributed by atoms with van der Waals surface area (Å²) in [7, 11) is 0. The van der Waals surface area contributed by atoms with Gasteiger partial charge in [0.15, 0.2) is 0 Å². The van der Waals surface area contributed by atoms with E-state index in [4.69, 9.17) is 9.84 Å². The minimum Gasteiger partial charge on any atom is -0.481 e. The Morgan fingerprint density at radius 1 is 1.19 bits per heavy atom. The van der Waals surface area contributed by atoms with E-state index >= 15 is 0 Å². The van der Waals surface area contributed by atoms with Crippen LogP contribution in [-0.2, 0) is 27.2 Å². The van der Waals surface area contributed by atoms with Crippen molar-refractivity contribution in [3.8, 4) is 0 Å². The van der Waals surface area contributed by atoms with Crippen molar-refractivity contribution >= 4 is 11.8 Å². The molecule has 1 aromatic rings. The molecule has 0 radical (unpaired) electrons. The molecule has 3 atom stereocenters. The normalized spacial score (nSPS) is 24.8. The molecule has 5 heteroatoms. The van der Waals surface area contributed by atoms with E-state index in [0.717, 1.165) is 37.7 Å². The maximum Gasteiger partial charge on any atom is 0.303 e. The number of carboxylic acids is 1. The molecule has 0 bridgehead atoms. The topological polar surface area (TPSA) is 83.8 Å². The van der Waals surface area contributed by atoms with E-state index in [1.165, 1.54) is 11.1 Å². The molecule has 0 spiro atoms. The SMILES string of the molecule is O=C(O)CCCCOC[C@H]1CCC(=O)C1Cc1cccc2c1CCC2O. The van der Waals surface area contributed by atoms with Crippen LogP contribution in [0.3, 0.4) is 0 Å². The standard InChI is InChI=1S/C21H28O5/c22-19-10-8-16-14(4-3-5-17(16)19)12-18-15(7-9-20(18)23)13-26-11-2-1-6-21(24)25/h3-5,15,18-19,22H,1-2,6-13H2,(H,24,25)/t15-,18?,19?/m1/s1. The Morgan fingerprint density at radius 2 is 2.04 bits per heavy atom. The number of ketones is 1. The number of rotatable bonds is 9. The van der Waals surface area contributed by atoms with Crippen molar-refractivity contribution in [1.82, 2.24) is 0 Å². The molecule has 2 unspecified atom stereocenters. The molecule has 26 heavy (non-hydrogen) atoms. The van der Waals surface area contributed by atoms with E-state index in [-0.39, 0.29) is 24.4 Å². The molecule has 0 heterocycles. The monoisotopic (exact) mass is 360 g/mol. The summed E-state index contributed by atoms with van der Waals surface area (Å²) in [5.74, 6) is -0.213. The van der Waals surface area contributed by atoms with Gasteiger partial charge in [-0.1, -0.05) is 18.2 Å². The quantitative estimate of drug-likeness (QED) is 0.661. The van der Waals surface area contributed by atoms with Gasteiger partial charge in [-0.05, 0) is 61.1 Å². The minimum atomic E-state index is -0.771. The lowest BCUT2D eigenvalue weighted by Crippen LogP contribution is -2.22. The molecule has 0 saturated heterocycles. The van der Waals surface area contributed by atoms with Crippen LogP contribution in [0.1, 0.15) is 61.3 Å². The fourth-order valence-corrected chi connectivity index (χ4v) is 4.31. The lowest BCUT2D eigenvalue weighted by molar-refractivity contribution is -0.137.